The zero-order valence-electron chi connectivity index (χ0n) is 12.2. The Morgan fingerprint density at radius 3 is 2.55 bits per heavy atom. The summed E-state index contributed by atoms with van der Waals surface area (Å²) in [5.41, 5.74) is 2.12. The van der Waals surface area contributed by atoms with Crippen LogP contribution in [0.3, 0.4) is 0 Å². The van der Waals surface area contributed by atoms with Gasteiger partial charge in [-0.05, 0) is 39.3 Å². The van der Waals surface area contributed by atoms with E-state index in [1.54, 1.807) is 17.1 Å². The molecule has 20 heavy (non-hydrogen) atoms. The van der Waals surface area contributed by atoms with Crippen molar-refractivity contribution < 1.29 is 4.79 Å². The molecule has 2 rings (SSSR count). The molecule has 1 unspecified atom stereocenters. The molecule has 0 bridgehead atoms. The van der Waals surface area contributed by atoms with Crippen LogP contribution < -0.4 is 5.32 Å². The molecular formula is C14H21N5O. The molecule has 108 valence electrons. The molecule has 1 amide bonds. The summed E-state index contributed by atoms with van der Waals surface area (Å²) in [7, 11) is 0. The van der Waals surface area contributed by atoms with E-state index >= 15 is 0 Å². The molecule has 0 aliphatic heterocycles. The standard InChI is InChI=1S/C14H21N5O/c1-11-5-8-16-18(11)10-4-7-15-14(20)13(3)19-12(2)6-9-17-19/h5-6,8-9,13H,4,7,10H2,1-3H3,(H,15,20). The fourth-order valence-corrected chi connectivity index (χ4v) is 2.12. The van der Waals surface area contributed by atoms with E-state index in [4.69, 9.17) is 0 Å². The van der Waals surface area contributed by atoms with Gasteiger partial charge in [0, 0.05) is 36.9 Å². The lowest BCUT2D eigenvalue weighted by molar-refractivity contribution is -0.124. The van der Waals surface area contributed by atoms with Gasteiger partial charge in [0.2, 0.25) is 5.91 Å². The zero-order chi connectivity index (χ0) is 14.5. The molecule has 0 fully saturated rings. The minimum atomic E-state index is -0.281. The number of aromatic nitrogens is 4. The van der Waals surface area contributed by atoms with Gasteiger partial charge in [-0.1, -0.05) is 0 Å². The van der Waals surface area contributed by atoms with Crippen molar-refractivity contribution in [2.75, 3.05) is 6.54 Å². The summed E-state index contributed by atoms with van der Waals surface area (Å²) in [6, 6.07) is 3.59. The lowest BCUT2D eigenvalue weighted by Gasteiger charge is -2.14. The van der Waals surface area contributed by atoms with E-state index in [1.807, 2.05) is 37.6 Å². The second-order valence-corrected chi connectivity index (χ2v) is 4.93. The van der Waals surface area contributed by atoms with E-state index in [1.165, 1.54) is 0 Å². The number of nitrogens with zero attached hydrogens (tertiary/aromatic N) is 4. The van der Waals surface area contributed by atoms with Crippen molar-refractivity contribution in [3.63, 3.8) is 0 Å². The van der Waals surface area contributed by atoms with Gasteiger partial charge in [-0.25, -0.2) is 0 Å². The lowest BCUT2D eigenvalue weighted by atomic mass is 10.3. The molecule has 6 nitrogen and oxygen atoms in total. The molecule has 1 N–H and O–H groups in total. The molecule has 6 heteroatoms. The summed E-state index contributed by atoms with van der Waals surface area (Å²) >= 11 is 0. The van der Waals surface area contributed by atoms with E-state index in [9.17, 15) is 4.79 Å². The number of amides is 1. The Morgan fingerprint density at radius 1 is 1.25 bits per heavy atom. The summed E-state index contributed by atoms with van der Waals surface area (Å²) < 4.78 is 3.67. The van der Waals surface area contributed by atoms with Gasteiger partial charge in [-0.15, -0.1) is 0 Å². The van der Waals surface area contributed by atoms with Gasteiger partial charge in [0.25, 0.3) is 0 Å². The molecule has 0 radical (unpaired) electrons. The van der Waals surface area contributed by atoms with Crippen LogP contribution >= 0.6 is 0 Å². The van der Waals surface area contributed by atoms with Gasteiger partial charge < -0.3 is 5.32 Å². The molecule has 2 aromatic heterocycles. The van der Waals surface area contributed by atoms with Crippen LogP contribution in [0.4, 0.5) is 0 Å². The number of carbonyl (C=O) groups excluding carboxylic acids is 1. The van der Waals surface area contributed by atoms with E-state index in [0.717, 1.165) is 24.4 Å². The SMILES string of the molecule is Cc1ccnn1CCCNC(=O)C(C)n1nccc1C. The van der Waals surface area contributed by atoms with Gasteiger partial charge in [0.15, 0.2) is 0 Å². The number of rotatable bonds is 6. The number of aryl methyl sites for hydroxylation is 3. The quantitative estimate of drug-likeness (QED) is 0.812. The van der Waals surface area contributed by atoms with Crippen molar-refractivity contribution in [2.24, 2.45) is 0 Å². The first kappa shape index (κ1) is 14.3. The highest BCUT2D eigenvalue weighted by Crippen LogP contribution is 2.07. The zero-order valence-corrected chi connectivity index (χ0v) is 12.2. The normalized spacial score (nSPS) is 12.3. The summed E-state index contributed by atoms with van der Waals surface area (Å²) in [4.78, 5) is 12.0. The van der Waals surface area contributed by atoms with E-state index in [-0.39, 0.29) is 11.9 Å². The number of hydrogen-bond acceptors (Lipinski definition) is 3. The molecular weight excluding hydrogens is 254 g/mol. The van der Waals surface area contributed by atoms with Crippen LogP contribution in [0.5, 0.6) is 0 Å². The highest BCUT2D eigenvalue weighted by Gasteiger charge is 2.15. The van der Waals surface area contributed by atoms with Crippen LogP contribution in [0.1, 0.15) is 30.8 Å². The summed E-state index contributed by atoms with van der Waals surface area (Å²) in [5.74, 6) is -0.00557. The number of carbonyl (C=O) groups is 1. The Labute approximate surface area is 118 Å². The van der Waals surface area contributed by atoms with Crippen molar-refractivity contribution in [1.29, 1.82) is 0 Å². The minimum Gasteiger partial charge on any atom is -0.354 e. The van der Waals surface area contributed by atoms with E-state index in [2.05, 4.69) is 15.5 Å². The van der Waals surface area contributed by atoms with Crippen LogP contribution in [0, 0.1) is 13.8 Å². The molecule has 0 spiro atoms. The maximum atomic E-state index is 12.0. The lowest BCUT2D eigenvalue weighted by Crippen LogP contribution is -2.33. The Balaban J connectivity index is 1.75. The van der Waals surface area contributed by atoms with Crippen molar-refractivity contribution in [2.45, 2.75) is 39.8 Å². The summed E-state index contributed by atoms with van der Waals surface area (Å²) in [5, 5.41) is 11.3. The smallest absolute Gasteiger partial charge is 0.244 e. The molecule has 1 atom stereocenters. The second-order valence-electron chi connectivity index (χ2n) is 4.93. The topological polar surface area (TPSA) is 64.7 Å². The Hall–Kier alpha value is -2.11. The van der Waals surface area contributed by atoms with Crippen molar-refractivity contribution in [3.8, 4) is 0 Å². The molecule has 2 heterocycles. The van der Waals surface area contributed by atoms with Crippen molar-refractivity contribution in [1.82, 2.24) is 24.9 Å². The highest BCUT2D eigenvalue weighted by atomic mass is 16.2. The fourth-order valence-electron chi connectivity index (χ4n) is 2.12. The van der Waals surface area contributed by atoms with Gasteiger partial charge >= 0.3 is 0 Å². The fraction of sp³-hybridized carbons (Fsp3) is 0.500. The first-order valence-electron chi connectivity index (χ1n) is 6.86. The molecule has 0 saturated heterocycles. The Morgan fingerprint density at radius 2 is 1.95 bits per heavy atom. The van der Waals surface area contributed by atoms with Crippen LogP contribution in [0.2, 0.25) is 0 Å². The van der Waals surface area contributed by atoms with Crippen LogP contribution in [0.25, 0.3) is 0 Å². The molecule has 2 aromatic rings. The summed E-state index contributed by atoms with van der Waals surface area (Å²) in [6.45, 7) is 7.27. The minimum absolute atomic E-state index is 0.00557. The predicted octanol–water partition coefficient (Wildman–Crippen LogP) is 1.46. The first-order chi connectivity index (χ1) is 9.59. The van der Waals surface area contributed by atoms with E-state index < -0.39 is 0 Å². The van der Waals surface area contributed by atoms with Gasteiger partial charge in [-0.3, -0.25) is 14.2 Å². The van der Waals surface area contributed by atoms with Crippen molar-refractivity contribution >= 4 is 5.91 Å². The van der Waals surface area contributed by atoms with Crippen molar-refractivity contribution in [3.05, 3.63) is 35.9 Å². The molecule has 0 aromatic carbocycles. The van der Waals surface area contributed by atoms with Crippen LogP contribution in [-0.4, -0.2) is 32.0 Å². The average molecular weight is 275 g/mol. The maximum Gasteiger partial charge on any atom is 0.244 e. The first-order valence-corrected chi connectivity index (χ1v) is 6.86. The third-order valence-electron chi connectivity index (χ3n) is 3.39. The summed E-state index contributed by atoms with van der Waals surface area (Å²) in [6.07, 6.45) is 4.36. The predicted molar refractivity (Wildman–Crippen MR) is 76.3 cm³/mol. The number of nitrogens with one attached hydrogen (secondary N) is 1. The number of hydrogen-bond donors (Lipinski definition) is 1. The third kappa shape index (κ3) is 3.26. The largest absolute Gasteiger partial charge is 0.354 e. The molecule has 0 aliphatic carbocycles. The van der Waals surface area contributed by atoms with Crippen LogP contribution in [-0.2, 0) is 11.3 Å². The van der Waals surface area contributed by atoms with E-state index in [0.29, 0.717) is 6.54 Å². The van der Waals surface area contributed by atoms with Gasteiger partial charge in [0.05, 0.1) is 0 Å². The molecule has 0 aliphatic rings. The average Bonchev–Trinajstić information content (AvgIpc) is 3.02. The highest BCUT2D eigenvalue weighted by molar-refractivity contribution is 5.79. The second kappa shape index (κ2) is 6.36. The van der Waals surface area contributed by atoms with Crippen LogP contribution in [0.15, 0.2) is 24.5 Å². The Kier molecular flexibility index (Phi) is 4.55. The van der Waals surface area contributed by atoms with Gasteiger partial charge in [0.1, 0.15) is 6.04 Å². The monoisotopic (exact) mass is 275 g/mol. The van der Waals surface area contributed by atoms with Gasteiger partial charge in [-0.2, -0.15) is 10.2 Å². The Bertz CT molecular complexity index is 572. The maximum absolute atomic E-state index is 12.0. The third-order valence-corrected chi connectivity index (χ3v) is 3.39. The molecule has 0 saturated carbocycles.